The van der Waals surface area contributed by atoms with Gasteiger partial charge in [0.1, 0.15) is 0 Å². The first-order chi connectivity index (χ1) is 10.1. The number of aromatic nitrogens is 3. The van der Waals surface area contributed by atoms with Crippen molar-refractivity contribution in [2.75, 3.05) is 5.32 Å². The molecule has 3 rings (SSSR count). The summed E-state index contributed by atoms with van der Waals surface area (Å²) in [5.41, 5.74) is 4.09. The molecule has 0 bridgehead atoms. The van der Waals surface area contributed by atoms with Crippen LogP contribution in [0.3, 0.4) is 0 Å². The third-order valence-electron chi connectivity index (χ3n) is 3.03. The average molecular weight is 296 g/mol. The SMILES string of the molecule is Cc1cc(C)nc(Nc2nc(C)c(-c3ccccc3)s2)n1. The van der Waals surface area contributed by atoms with Crippen LogP contribution < -0.4 is 5.32 Å². The number of anilines is 2. The lowest BCUT2D eigenvalue weighted by Crippen LogP contribution is -1.99. The van der Waals surface area contributed by atoms with Crippen LogP contribution in [-0.4, -0.2) is 15.0 Å². The minimum Gasteiger partial charge on any atom is -0.300 e. The summed E-state index contributed by atoms with van der Waals surface area (Å²) in [5.74, 6) is 0.598. The fourth-order valence-corrected chi connectivity index (χ4v) is 3.15. The van der Waals surface area contributed by atoms with Gasteiger partial charge in [0.05, 0.1) is 10.6 Å². The summed E-state index contributed by atoms with van der Waals surface area (Å²) in [6.07, 6.45) is 0. The van der Waals surface area contributed by atoms with Crippen molar-refractivity contribution in [2.45, 2.75) is 20.8 Å². The number of rotatable bonds is 3. The van der Waals surface area contributed by atoms with Gasteiger partial charge in [-0.1, -0.05) is 41.7 Å². The molecule has 2 aromatic heterocycles. The van der Waals surface area contributed by atoms with E-state index >= 15 is 0 Å². The largest absolute Gasteiger partial charge is 0.300 e. The molecule has 0 saturated carbocycles. The van der Waals surface area contributed by atoms with Gasteiger partial charge in [0.2, 0.25) is 5.95 Å². The van der Waals surface area contributed by atoms with E-state index < -0.39 is 0 Å². The predicted octanol–water partition coefficient (Wildman–Crippen LogP) is 4.27. The van der Waals surface area contributed by atoms with Crippen LogP contribution in [0, 0.1) is 20.8 Å². The van der Waals surface area contributed by atoms with E-state index in [1.54, 1.807) is 11.3 Å². The lowest BCUT2D eigenvalue weighted by atomic mass is 10.2. The number of nitrogens with zero attached hydrogens (tertiary/aromatic N) is 3. The maximum absolute atomic E-state index is 4.57. The zero-order chi connectivity index (χ0) is 14.8. The van der Waals surface area contributed by atoms with E-state index in [9.17, 15) is 0 Å². The van der Waals surface area contributed by atoms with Crippen molar-refractivity contribution in [2.24, 2.45) is 0 Å². The summed E-state index contributed by atoms with van der Waals surface area (Å²) in [4.78, 5) is 14.5. The zero-order valence-electron chi connectivity index (χ0n) is 12.2. The van der Waals surface area contributed by atoms with Gasteiger partial charge < -0.3 is 5.32 Å². The third-order valence-corrected chi connectivity index (χ3v) is 4.16. The van der Waals surface area contributed by atoms with Gasteiger partial charge in [0.15, 0.2) is 5.13 Å². The Morgan fingerprint density at radius 3 is 2.24 bits per heavy atom. The maximum Gasteiger partial charge on any atom is 0.229 e. The molecule has 2 heterocycles. The Labute approximate surface area is 127 Å². The summed E-state index contributed by atoms with van der Waals surface area (Å²) in [6.45, 7) is 5.94. The normalized spacial score (nSPS) is 10.6. The number of nitrogens with one attached hydrogen (secondary N) is 1. The van der Waals surface area contributed by atoms with Gasteiger partial charge in [-0.05, 0) is 32.4 Å². The number of thiazole rings is 1. The van der Waals surface area contributed by atoms with E-state index in [4.69, 9.17) is 0 Å². The summed E-state index contributed by atoms with van der Waals surface area (Å²) >= 11 is 1.62. The van der Waals surface area contributed by atoms with Crippen LogP contribution in [0.25, 0.3) is 10.4 Å². The molecule has 3 aromatic rings. The van der Waals surface area contributed by atoms with Gasteiger partial charge in [-0.15, -0.1) is 0 Å². The second-order valence-corrected chi connectivity index (χ2v) is 5.90. The van der Waals surface area contributed by atoms with Crippen LogP contribution in [0.4, 0.5) is 11.1 Å². The fourth-order valence-electron chi connectivity index (χ4n) is 2.18. The Balaban J connectivity index is 1.91. The monoisotopic (exact) mass is 296 g/mol. The zero-order valence-corrected chi connectivity index (χ0v) is 13.0. The van der Waals surface area contributed by atoms with E-state index in [2.05, 4.69) is 32.4 Å². The first-order valence-electron chi connectivity index (χ1n) is 6.74. The number of hydrogen-bond acceptors (Lipinski definition) is 5. The van der Waals surface area contributed by atoms with Crippen molar-refractivity contribution in [3.8, 4) is 10.4 Å². The van der Waals surface area contributed by atoms with Crippen molar-refractivity contribution in [3.63, 3.8) is 0 Å². The molecule has 0 saturated heterocycles. The van der Waals surface area contributed by atoms with Crippen molar-refractivity contribution in [3.05, 3.63) is 53.5 Å². The molecule has 0 aliphatic rings. The van der Waals surface area contributed by atoms with Gasteiger partial charge in [-0.2, -0.15) is 0 Å². The Morgan fingerprint density at radius 2 is 1.57 bits per heavy atom. The van der Waals surface area contributed by atoms with E-state index in [1.165, 1.54) is 10.4 Å². The maximum atomic E-state index is 4.57. The standard InChI is InChI=1S/C16H16N4S/c1-10-9-11(2)18-15(17-10)20-16-19-12(3)14(21-16)13-7-5-4-6-8-13/h4-9H,1-3H3,(H,17,18,19,20). The molecule has 5 heteroatoms. The van der Waals surface area contributed by atoms with Crippen molar-refractivity contribution >= 4 is 22.4 Å². The highest BCUT2D eigenvalue weighted by Crippen LogP contribution is 2.33. The molecule has 1 aromatic carbocycles. The Bertz CT molecular complexity index is 745. The highest BCUT2D eigenvalue weighted by Gasteiger charge is 2.10. The first kappa shape index (κ1) is 13.7. The van der Waals surface area contributed by atoms with E-state index in [1.807, 2.05) is 45.0 Å². The molecule has 0 amide bonds. The molecule has 0 radical (unpaired) electrons. The lowest BCUT2D eigenvalue weighted by molar-refractivity contribution is 1.06. The molecule has 0 atom stereocenters. The molecule has 0 spiro atoms. The van der Waals surface area contributed by atoms with Gasteiger partial charge in [-0.25, -0.2) is 15.0 Å². The van der Waals surface area contributed by atoms with Gasteiger partial charge in [-0.3, -0.25) is 0 Å². The van der Waals surface area contributed by atoms with Crippen LogP contribution >= 0.6 is 11.3 Å². The fraction of sp³-hybridized carbons (Fsp3) is 0.188. The quantitative estimate of drug-likeness (QED) is 0.784. The van der Waals surface area contributed by atoms with Crippen LogP contribution in [0.15, 0.2) is 36.4 Å². The Kier molecular flexibility index (Phi) is 3.66. The molecule has 0 aliphatic carbocycles. The summed E-state index contributed by atoms with van der Waals surface area (Å²) in [5, 5.41) is 4.02. The Morgan fingerprint density at radius 1 is 0.905 bits per heavy atom. The third kappa shape index (κ3) is 3.08. The smallest absolute Gasteiger partial charge is 0.229 e. The minimum absolute atomic E-state index is 0.598. The van der Waals surface area contributed by atoms with E-state index in [0.29, 0.717) is 5.95 Å². The minimum atomic E-state index is 0.598. The number of aryl methyl sites for hydroxylation is 3. The topological polar surface area (TPSA) is 50.7 Å². The van der Waals surface area contributed by atoms with Crippen LogP contribution in [0.2, 0.25) is 0 Å². The molecule has 0 unspecified atom stereocenters. The average Bonchev–Trinajstić information content (AvgIpc) is 2.79. The molecular weight excluding hydrogens is 280 g/mol. The Hall–Kier alpha value is -2.27. The second kappa shape index (κ2) is 5.61. The molecule has 0 aliphatic heterocycles. The molecule has 0 fully saturated rings. The highest BCUT2D eigenvalue weighted by molar-refractivity contribution is 7.19. The summed E-state index contributed by atoms with van der Waals surface area (Å²) < 4.78 is 0. The molecular formula is C16H16N4S. The van der Waals surface area contributed by atoms with Crippen LogP contribution in [-0.2, 0) is 0 Å². The molecule has 4 nitrogen and oxygen atoms in total. The van der Waals surface area contributed by atoms with Crippen LogP contribution in [0.5, 0.6) is 0 Å². The molecule has 21 heavy (non-hydrogen) atoms. The van der Waals surface area contributed by atoms with Crippen LogP contribution in [0.1, 0.15) is 17.1 Å². The summed E-state index contributed by atoms with van der Waals surface area (Å²) in [6, 6.07) is 12.2. The van der Waals surface area contributed by atoms with Gasteiger partial charge in [0, 0.05) is 11.4 Å². The number of hydrogen-bond donors (Lipinski definition) is 1. The predicted molar refractivity (Wildman–Crippen MR) is 87.1 cm³/mol. The summed E-state index contributed by atoms with van der Waals surface area (Å²) in [7, 11) is 0. The van der Waals surface area contributed by atoms with E-state index in [0.717, 1.165) is 22.2 Å². The number of benzene rings is 1. The van der Waals surface area contributed by atoms with E-state index in [-0.39, 0.29) is 0 Å². The first-order valence-corrected chi connectivity index (χ1v) is 7.55. The second-order valence-electron chi connectivity index (χ2n) is 4.90. The lowest BCUT2D eigenvalue weighted by Gasteiger charge is -2.02. The van der Waals surface area contributed by atoms with Crippen molar-refractivity contribution < 1.29 is 0 Å². The van der Waals surface area contributed by atoms with Gasteiger partial charge >= 0.3 is 0 Å². The molecule has 106 valence electrons. The molecule has 1 N–H and O–H groups in total. The van der Waals surface area contributed by atoms with Crippen molar-refractivity contribution in [1.82, 2.24) is 15.0 Å². The van der Waals surface area contributed by atoms with Gasteiger partial charge in [0.25, 0.3) is 0 Å². The van der Waals surface area contributed by atoms with Crippen molar-refractivity contribution in [1.29, 1.82) is 0 Å². The highest BCUT2D eigenvalue weighted by atomic mass is 32.1.